The van der Waals surface area contributed by atoms with Gasteiger partial charge in [-0.05, 0) is 48.5 Å². The second kappa shape index (κ2) is 7.78. The number of nitrogens with zero attached hydrogens (tertiary/aromatic N) is 1. The number of thiazole rings is 1. The van der Waals surface area contributed by atoms with E-state index in [0.29, 0.717) is 17.2 Å². The first kappa shape index (κ1) is 19.3. The van der Waals surface area contributed by atoms with Crippen LogP contribution in [0.15, 0.2) is 70.0 Å². The fourth-order valence-corrected chi connectivity index (χ4v) is 4.66. The molecule has 0 unspecified atom stereocenters. The Morgan fingerprint density at radius 2 is 1.83 bits per heavy atom. The summed E-state index contributed by atoms with van der Waals surface area (Å²) in [5.41, 5.74) is 1.43. The monoisotopic (exact) mass is 427 g/mol. The van der Waals surface area contributed by atoms with Gasteiger partial charge < -0.3 is 9.73 Å². The van der Waals surface area contributed by atoms with Gasteiger partial charge in [-0.2, -0.15) is 0 Å². The molecular weight excluding hydrogens is 410 g/mol. The van der Waals surface area contributed by atoms with Crippen LogP contribution in [0.25, 0.3) is 21.0 Å². The third kappa shape index (κ3) is 4.37. The molecule has 0 bridgehead atoms. The van der Waals surface area contributed by atoms with Crippen molar-refractivity contribution in [2.24, 2.45) is 0 Å². The minimum atomic E-state index is -3.72. The van der Waals surface area contributed by atoms with E-state index < -0.39 is 10.0 Å². The Hall–Kier alpha value is -3.01. The molecule has 148 valence electrons. The number of sulfonamides is 1. The average Bonchev–Trinajstić information content (AvgIpc) is 3.33. The van der Waals surface area contributed by atoms with Crippen LogP contribution in [-0.2, 0) is 21.4 Å². The molecule has 2 aromatic carbocycles. The van der Waals surface area contributed by atoms with E-state index in [4.69, 9.17) is 4.42 Å². The van der Waals surface area contributed by atoms with E-state index in [-0.39, 0.29) is 17.3 Å². The van der Waals surface area contributed by atoms with Crippen molar-refractivity contribution in [3.63, 3.8) is 0 Å². The zero-order valence-corrected chi connectivity index (χ0v) is 17.0. The predicted molar refractivity (Wildman–Crippen MR) is 112 cm³/mol. The Balaban J connectivity index is 1.45. The summed E-state index contributed by atoms with van der Waals surface area (Å²) in [6.45, 7) is 1.40. The van der Waals surface area contributed by atoms with Crippen LogP contribution >= 0.6 is 11.3 Å². The van der Waals surface area contributed by atoms with Crippen molar-refractivity contribution < 1.29 is 17.6 Å². The van der Waals surface area contributed by atoms with Crippen LogP contribution in [0.4, 0.5) is 5.69 Å². The molecule has 0 aliphatic rings. The van der Waals surface area contributed by atoms with Crippen molar-refractivity contribution in [1.29, 1.82) is 0 Å². The molecule has 0 atom stereocenters. The number of carbonyl (C=O) groups is 1. The number of rotatable bonds is 6. The second-order valence-electron chi connectivity index (χ2n) is 6.28. The van der Waals surface area contributed by atoms with Crippen LogP contribution in [0.2, 0.25) is 0 Å². The molecule has 4 rings (SSSR count). The molecule has 0 saturated carbocycles. The van der Waals surface area contributed by atoms with Crippen LogP contribution in [0, 0.1) is 0 Å². The van der Waals surface area contributed by atoms with Crippen molar-refractivity contribution in [3.8, 4) is 10.8 Å². The van der Waals surface area contributed by atoms with Crippen molar-refractivity contribution in [2.45, 2.75) is 18.4 Å². The Morgan fingerprint density at radius 3 is 2.55 bits per heavy atom. The molecule has 0 saturated heterocycles. The fraction of sp³-hybridized carbons (Fsp3) is 0.100. The first-order valence-corrected chi connectivity index (χ1v) is 11.0. The Morgan fingerprint density at radius 1 is 1.07 bits per heavy atom. The van der Waals surface area contributed by atoms with Crippen LogP contribution in [0.1, 0.15) is 12.7 Å². The summed E-state index contributed by atoms with van der Waals surface area (Å²) in [5, 5.41) is 3.34. The van der Waals surface area contributed by atoms with E-state index in [0.717, 1.165) is 15.2 Å². The Bertz CT molecular complexity index is 1240. The lowest BCUT2D eigenvalue weighted by atomic mass is 10.3. The molecule has 7 nitrogen and oxygen atoms in total. The molecule has 1 amide bonds. The van der Waals surface area contributed by atoms with Gasteiger partial charge >= 0.3 is 0 Å². The molecule has 0 aliphatic heterocycles. The third-order valence-electron chi connectivity index (χ3n) is 4.09. The smallest absolute Gasteiger partial charge is 0.240 e. The van der Waals surface area contributed by atoms with E-state index >= 15 is 0 Å². The molecular formula is C20H17N3O4S2. The molecule has 0 spiro atoms. The highest BCUT2D eigenvalue weighted by atomic mass is 32.2. The van der Waals surface area contributed by atoms with E-state index in [1.54, 1.807) is 12.1 Å². The first-order valence-electron chi connectivity index (χ1n) is 8.73. The molecule has 0 fully saturated rings. The lowest BCUT2D eigenvalue weighted by Gasteiger charge is -2.07. The highest BCUT2D eigenvalue weighted by Gasteiger charge is 2.16. The van der Waals surface area contributed by atoms with E-state index in [2.05, 4.69) is 15.0 Å². The highest BCUT2D eigenvalue weighted by Crippen LogP contribution is 2.31. The van der Waals surface area contributed by atoms with Crippen LogP contribution in [0.5, 0.6) is 0 Å². The van der Waals surface area contributed by atoms with Gasteiger partial charge in [-0.25, -0.2) is 18.1 Å². The van der Waals surface area contributed by atoms with E-state index in [1.165, 1.54) is 42.5 Å². The predicted octanol–water partition coefficient (Wildman–Crippen LogP) is 3.99. The number of nitrogens with one attached hydrogen (secondary N) is 2. The topological polar surface area (TPSA) is 101 Å². The number of benzene rings is 2. The number of aromatic nitrogens is 1. The maximum Gasteiger partial charge on any atom is 0.240 e. The zero-order chi connectivity index (χ0) is 20.4. The summed E-state index contributed by atoms with van der Waals surface area (Å²) < 4.78 is 34.3. The minimum absolute atomic E-state index is 0.0146. The average molecular weight is 428 g/mol. The number of hydrogen-bond acceptors (Lipinski definition) is 6. The molecule has 0 aliphatic carbocycles. The SMILES string of the molecule is CC(=O)Nc1ccc(S(=O)(=O)NCc2ccc(-c3nc4ccccc4s3)o2)cc1. The molecule has 4 aromatic rings. The maximum atomic E-state index is 12.5. The summed E-state index contributed by atoms with van der Waals surface area (Å²) in [6, 6.07) is 17.3. The maximum absolute atomic E-state index is 12.5. The zero-order valence-electron chi connectivity index (χ0n) is 15.4. The van der Waals surface area contributed by atoms with Gasteiger partial charge in [0.15, 0.2) is 10.8 Å². The van der Waals surface area contributed by atoms with Gasteiger partial charge in [0.1, 0.15) is 5.76 Å². The summed E-state index contributed by atoms with van der Waals surface area (Å²) in [5.74, 6) is 0.859. The number of carbonyl (C=O) groups excluding carboxylic acids is 1. The number of furan rings is 1. The number of amides is 1. The quantitative estimate of drug-likeness (QED) is 0.484. The fourth-order valence-electron chi connectivity index (χ4n) is 2.74. The minimum Gasteiger partial charge on any atom is -0.457 e. The van der Waals surface area contributed by atoms with Crippen molar-refractivity contribution in [2.75, 3.05) is 5.32 Å². The van der Waals surface area contributed by atoms with E-state index in [9.17, 15) is 13.2 Å². The van der Waals surface area contributed by atoms with Crippen molar-refractivity contribution in [1.82, 2.24) is 9.71 Å². The summed E-state index contributed by atoms with van der Waals surface area (Å²) in [6.07, 6.45) is 0. The highest BCUT2D eigenvalue weighted by molar-refractivity contribution is 7.89. The molecule has 9 heteroatoms. The van der Waals surface area contributed by atoms with Gasteiger partial charge in [-0.15, -0.1) is 11.3 Å². The lowest BCUT2D eigenvalue weighted by molar-refractivity contribution is -0.114. The molecule has 0 radical (unpaired) electrons. The van der Waals surface area contributed by atoms with Gasteiger partial charge in [0.25, 0.3) is 0 Å². The molecule has 2 aromatic heterocycles. The molecule has 2 heterocycles. The van der Waals surface area contributed by atoms with Gasteiger partial charge in [0.2, 0.25) is 15.9 Å². The number of para-hydroxylation sites is 1. The Kier molecular flexibility index (Phi) is 5.18. The van der Waals surface area contributed by atoms with E-state index in [1.807, 2.05) is 24.3 Å². The molecule has 2 N–H and O–H groups in total. The van der Waals surface area contributed by atoms with Gasteiger partial charge in [-0.1, -0.05) is 12.1 Å². The summed E-state index contributed by atoms with van der Waals surface area (Å²) in [4.78, 5) is 15.7. The summed E-state index contributed by atoms with van der Waals surface area (Å²) in [7, 11) is -3.72. The molecule has 29 heavy (non-hydrogen) atoms. The first-order chi connectivity index (χ1) is 13.9. The number of hydrogen-bond donors (Lipinski definition) is 2. The lowest BCUT2D eigenvalue weighted by Crippen LogP contribution is -2.23. The third-order valence-corrected chi connectivity index (χ3v) is 6.56. The standard InChI is InChI=1S/C20H17N3O4S2/c1-13(24)22-14-6-9-16(10-7-14)29(25,26)21-12-15-8-11-18(27-15)20-23-17-4-2-3-5-19(17)28-20/h2-11,21H,12H2,1H3,(H,22,24). The van der Waals surface area contributed by atoms with Crippen LogP contribution in [-0.4, -0.2) is 19.3 Å². The number of fused-ring (bicyclic) bond motifs is 1. The van der Waals surface area contributed by atoms with Gasteiger partial charge in [-0.3, -0.25) is 4.79 Å². The Labute approximate surface area is 171 Å². The van der Waals surface area contributed by atoms with Gasteiger partial charge in [0.05, 0.1) is 21.7 Å². The van der Waals surface area contributed by atoms with Gasteiger partial charge in [0, 0.05) is 12.6 Å². The normalized spacial score (nSPS) is 11.6. The van der Waals surface area contributed by atoms with Crippen LogP contribution in [0.3, 0.4) is 0 Å². The van der Waals surface area contributed by atoms with Crippen molar-refractivity contribution >= 4 is 43.2 Å². The van der Waals surface area contributed by atoms with Crippen LogP contribution < -0.4 is 10.0 Å². The second-order valence-corrected chi connectivity index (χ2v) is 9.08. The number of anilines is 1. The van der Waals surface area contributed by atoms with Crippen molar-refractivity contribution in [3.05, 3.63) is 66.4 Å². The summed E-state index contributed by atoms with van der Waals surface area (Å²) >= 11 is 1.52. The largest absolute Gasteiger partial charge is 0.457 e.